The molecule has 0 heterocycles. The van der Waals surface area contributed by atoms with Crippen molar-refractivity contribution in [3.63, 3.8) is 0 Å². The van der Waals surface area contributed by atoms with Gasteiger partial charge in [-0.1, -0.05) is 35.9 Å². The van der Waals surface area contributed by atoms with Gasteiger partial charge in [0.2, 0.25) is 0 Å². The Kier molecular flexibility index (Phi) is 4.92. The summed E-state index contributed by atoms with van der Waals surface area (Å²) in [5, 5.41) is 4.17. The average molecular weight is 292 g/mol. The third-order valence-electron chi connectivity index (χ3n) is 3.27. The SMILES string of the molecule is CNC(c1ccc(SC)cc1)c1ccc(C)c(Cl)c1. The van der Waals surface area contributed by atoms with Gasteiger partial charge in [-0.15, -0.1) is 11.8 Å². The molecule has 0 bridgehead atoms. The quantitative estimate of drug-likeness (QED) is 0.821. The predicted octanol–water partition coefficient (Wildman–Crippen LogP) is 4.68. The fourth-order valence-corrected chi connectivity index (χ4v) is 2.71. The van der Waals surface area contributed by atoms with Crippen LogP contribution in [0.15, 0.2) is 47.4 Å². The third kappa shape index (κ3) is 3.33. The lowest BCUT2D eigenvalue weighted by molar-refractivity contribution is 0.691. The molecular formula is C16H18ClNS. The van der Waals surface area contributed by atoms with Gasteiger partial charge in [0.15, 0.2) is 0 Å². The molecule has 0 saturated heterocycles. The third-order valence-corrected chi connectivity index (χ3v) is 4.42. The molecule has 2 rings (SSSR count). The maximum absolute atomic E-state index is 6.22. The smallest absolute Gasteiger partial charge is 0.0574 e. The molecule has 0 saturated carbocycles. The average Bonchev–Trinajstić information content (AvgIpc) is 2.44. The fourth-order valence-electron chi connectivity index (χ4n) is 2.11. The predicted molar refractivity (Wildman–Crippen MR) is 85.3 cm³/mol. The number of benzene rings is 2. The van der Waals surface area contributed by atoms with E-state index in [1.807, 2.05) is 20.0 Å². The molecule has 0 aliphatic rings. The monoisotopic (exact) mass is 291 g/mol. The number of rotatable bonds is 4. The Morgan fingerprint density at radius 2 is 1.68 bits per heavy atom. The normalized spacial score (nSPS) is 12.4. The van der Waals surface area contributed by atoms with E-state index in [1.54, 1.807) is 11.8 Å². The lowest BCUT2D eigenvalue weighted by atomic mass is 9.98. The van der Waals surface area contributed by atoms with E-state index in [-0.39, 0.29) is 6.04 Å². The van der Waals surface area contributed by atoms with Crippen molar-refractivity contribution in [3.8, 4) is 0 Å². The number of hydrogen-bond donors (Lipinski definition) is 1. The number of thioether (sulfide) groups is 1. The number of aryl methyl sites for hydroxylation is 1. The lowest BCUT2D eigenvalue weighted by Gasteiger charge is -2.18. The van der Waals surface area contributed by atoms with Gasteiger partial charge in [0, 0.05) is 9.92 Å². The first-order valence-corrected chi connectivity index (χ1v) is 7.83. The Morgan fingerprint density at radius 1 is 1.05 bits per heavy atom. The standard InChI is InChI=1S/C16H18ClNS/c1-11-4-5-13(10-15(11)17)16(18-2)12-6-8-14(19-3)9-7-12/h4-10,16,18H,1-3H3. The van der Waals surface area contributed by atoms with Crippen LogP contribution in [0.4, 0.5) is 0 Å². The summed E-state index contributed by atoms with van der Waals surface area (Å²) in [5.74, 6) is 0. The van der Waals surface area contributed by atoms with E-state index in [0.29, 0.717) is 0 Å². The number of nitrogens with one attached hydrogen (secondary N) is 1. The van der Waals surface area contributed by atoms with Crippen LogP contribution in [0.5, 0.6) is 0 Å². The van der Waals surface area contributed by atoms with Crippen molar-refractivity contribution in [2.75, 3.05) is 13.3 Å². The van der Waals surface area contributed by atoms with Gasteiger partial charge in [-0.3, -0.25) is 0 Å². The molecule has 19 heavy (non-hydrogen) atoms. The van der Waals surface area contributed by atoms with Crippen molar-refractivity contribution in [1.82, 2.24) is 5.32 Å². The van der Waals surface area contributed by atoms with Crippen LogP contribution in [0.2, 0.25) is 5.02 Å². The van der Waals surface area contributed by atoms with Crippen molar-refractivity contribution in [3.05, 3.63) is 64.2 Å². The second kappa shape index (κ2) is 6.47. The van der Waals surface area contributed by atoms with E-state index < -0.39 is 0 Å². The van der Waals surface area contributed by atoms with Crippen LogP contribution in [-0.2, 0) is 0 Å². The van der Waals surface area contributed by atoms with Crippen LogP contribution in [0.3, 0.4) is 0 Å². The molecule has 0 aliphatic carbocycles. The minimum Gasteiger partial charge on any atom is -0.309 e. The summed E-state index contributed by atoms with van der Waals surface area (Å²) in [5.41, 5.74) is 3.55. The molecule has 2 aromatic carbocycles. The van der Waals surface area contributed by atoms with Gasteiger partial charge in [-0.2, -0.15) is 0 Å². The first-order chi connectivity index (χ1) is 9.15. The highest BCUT2D eigenvalue weighted by atomic mass is 35.5. The second-order valence-corrected chi connectivity index (χ2v) is 5.79. The molecule has 1 atom stereocenters. The van der Waals surface area contributed by atoms with Gasteiger partial charge >= 0.3 is 0 Å². The van der Waals surface area contributed by atoms with Crippen molar-refractivity contribution in [2.45, 2.75) is 17.9 Å². The minimum absolute atomic E-state index is 0.175. The molecule has 1 N–H and O–H groups in total. The van der Waals surface area contributed by atoms with E-state index >= 15 is 0 Å². The highest BCUT2D eigenvalue weighted by molar-refractivity contribution is 7.98. The topological polar surface area (TPSA) is 12.0 Å². The summed E-state index contributed by atoms with van der Waals surface area (Å²) in [4.78, 5) is 1.28. The molecule has 0 aromatic heterocycles. The summed E-state index contributed by atoms with van der Waals surface area (Å²) in [6.45, 7) is 2.02. The van der Waals surface area contributed by atoms with Crippen molar-refractivity contribution in [2.24, 2.45) is 0 Å². The van der Waals surface area contributed by atoms with Gasteiger partial charge in [0.25, 0.3) is 0 Å². The Labute approximate surface area is 124 Å². The molecule has 1 unspecified atom stereocenters. The summed E-state index contributed by atoms with van der Waals surface area (Å²) in [6, 6.07) is 15.1. The van der Waals surface area contributed by atoms with Gasteiger partial charge < -0.3 is 5.32 Å². The Balaban J connectivity index is 2.34. The maximum atomic E-state index is 6.22. The van der Waals surface area contributed by atoms with Gasteiger partial charge in [-0.05, 0) is 55.1 Å². The fraction of sp³-hybridized carbons (Fsp3) is 0.250. The van der Waals surface area contributed by atoms with Crippen LogP contribution in [-0.4, -0.2) is 13.3 Å². The molecule has 2 aromatic rings. The highest BCUT2D eigenvalue weighted by Gasteiger charge is 2.12. The van der Waals surface area contributed by atoms with Crippen LogP contribution >= 0.6 is 23.4 Å². The second-order valence-electron chi connectivity index (χ2n) is 4.50. The molecular weight excluding hydrogens is 274 g/mol. The van der Waals surface area contributed by atoms with Gasteiger partial charge in [0.1, 0.15) is 0 Å². The zero-order valence-electron chi connectivity index (χ0n) is 11.4. The van der Waals surface area contributed by atoms with Crippen molar-refractivity contribution >= 4 is 23.4 Å². The molecule has 0 aliphatic heterocycles. The minimum atomic E-state index is 0.175. The molecule has 0 radical (unpaired) electrons. The molecule has 1 nitrogen and oxygen atoms in total. The zero-order valence-corrected chi connectivity index (χ0v) is 13.0. The molecule has 0 fully saturated rings. The summed E-state index contributed by atoms with van der Waals surface area (Å²) >= 11 is 7.97. The van der Waals surface area contributed by atoms with Gasteiger partial charge in [0.05, 0.1) is 6.04 Å². The van der Waals surface area contributed by atoms with Crippen molar-refractivity contribution < 1.29 is 0 Å². The van der Waals surface area contributed by atoms with Crippen LogP contribution in [0.25, 0.3) is 0 Å². The van der Waals surface area contributed by atoms with Gasteiger partial charge in [-0.25, -0.2) is 0 Å². The first kappa shape index (κ1) is 14.4. The van der Waals surface area contributed by atoms with E-state index in [1.165, 1.54) is 16.0 Å². The van der Waals surface area contributed by atoms with Crippen LogP contribution in [0.1, 0.15) is 22.7 Å². The maximum Gasteiger partial charge on any atom is 0.0574 e. The summed E-state index contributed by atoms with van der Waals surface area (Å²) in [6.07, 6.45) is 2.09. The Hall–Kier alpha value is -0.960. The van der Waals surface area contributed by atoms with Crippen LogP contribution < -0.4 is 5.32 Å². The van der Waals surface area contributed by atoms with Crippen LogP contribution in [0, 0.1) is 6.92 Å². The molecule has 0 spiro atoms. The summed E-state index contributed by atoms with van der Waals surface area (Å²) < 4.78 is 0. The lowest BCUT2D eigenvalue weighted by Crippen LogP contribution is -2.17. The van der Waals surface area contributed by atoms with E-state index in [0.717, 1.165) is 10.6 Å². The first-order valence-electron chi connectivity index (χ1n) is 6.23. The summed E-state index contributed by atoms with van der Waals surface area (Å²) in [7, 11) is 1.97. The largest absolute Gasteiger partial charge is 0.309 e. The van der Waals surface area contributed by atoms with E-state index in [9.17, 15) is 0 Å². The van der Waals surface area contributed by atoms with Crippen molar-refractivity contribution in [1.29, 1.82) is 0 Å². The molecule has 100 valence electrons. The Morgan fingerprint density at radius 3 is 2.21 bits per heavy atom. The Bertz CT molecular complexity index is 551. The zero-order chi connectivity index (χ0) is 13.8. The van der Waals surface area contributed by atoms with E-state index in [4.69, 9.17) is 11.6 Å². The number of hydrogen-bond acceptors (Lipinski definition) is 2. The highest BCUT2D eigenvalue weighted by Crippen LogP contribution is 2.27. The van der Waals surface area contributed by atoms with E-state index in [2.05, 4.69) is 48.0 Å². The molecule has 0 amide bonds. The molecule has 3 heteroatoms. The number of halogens is 1.